The van der Waals surface area contributed by atoms with E-state index in [1.807, 2.05) is 59.7 Å². The maximum absolute atomic E-state index is 13.1. The zero-order valence-corrected chi connectivity index (χ0v) is 17.4. The van der Waals surface area contributed by atoms with Crippen LogP contribution in [0.25, 0.3) is 0 Å². The second kappa shape index (κ2) is 7.98. The number of amides is 2. The molecule has 2 rings (SSSR count). The molecule has 3 N–H and O–H groups in total. The SMILES string of the molecule is CCOC1CC(N)(C(=O)N(CC)CC(=O)Nc2c(C)cccc2C)C1(C)C. The minimum absolute atomic E-state index is 0.0164. The summed E-state index contributed by atoms with van der Waals surface area (Å²) in [4.78, 5) is 27.2. The third-order valence-electron chi connectivity index (χ3n) is 5.96. The zero-order valence-electron chi connectivity index (χ0n) is 17.4. The van der Waals surface area contributed by atoms with Crippen molar-refractivity contribution < 1.29 is 14.3 Å². The molecule has 6 nitrogen and oxygen atoms in total. The molecular weight excluding hydrogens is 342 g/mol. The number of para-hydroxylation sites is 1. The van der Waals surface area contributed by atoms with Crippen LogP contribution in [-0.4, -0.2) is 48.1 Å². The predicted octanol–water partition coefficient (Wildman–Crippen LogP) is 2.62. The average Bonchev–Trinajstić information content (AvgIpc) is 2.62. The van der Waals surface area contributed by atoms with Crippen molar-refractivity contribution in [3.05, 3.63) is 29.3 Å². The zero-order chi connectivity index (χ0) is 20.4. The molecule has 1 aromatic rings. The fourth-order valence-electron chi connectivity index (χ4n) is 3.77. The number of likely N-dealkylation sites (N-methyl/N-ethyl adjacent to an activating group) is 1. The summed E-state index contributed by atoms with van der Waals surface area (Å²) in [6.45, 7) is 12.6. The Morgan fingerprint density at radius 2 is 1.85 bits per heavy atom. The first-order valence-corrected chi connectivity index (χ1v) is 9.64. The van der Waals surface area contributed by atoms with Gasteiger partial charge in [-0.2, -0.15) is 0 Å². The van der Waals surface area contributed by atoms with Gasteiger partial charge < -0.3 is 20.7 Å². The highest BCUT2D eigenvalue weighted by Crippen LogP contribution is 2.50. The van der Waals surface area contributed by atoms with Gasteiger partial charge in [-0.15, -0.1) is 0 Å². The molecule has 0 heterocycles. The van der Waals surface area contributed by atoms with E-state index < -0.39 is 11.0 Å². The van der Waals surface area contributed by atoms with E-state index in [-0.39, 0.29) is 24.5 Å². The van der Waals surface area contributed by atoms with Gasteiger partial charge in [0.15, 0.2) is 0 Å². The summed E-state index contributed by atoms with van der Waals surface area (Å²) in [5.41, 5.74) is 7.79. The fourth-order valence-corrected chi connectivity index (χ4v) is 3.77. The summed E-state index contributed by atoms with van der Waals surface area (Å²) < 4.78 is 5.71. The topological polar surface area (TPSA) is 84.7 Å². The van der Waals surface area contributed by atoms with Crippen LogP contribution in [0.1, 0.15) is 45.2 Å². The van der Waals surface area contributed by atoms with E-state index in [2.05, 4.69) is 5.32 Å². The van der Waals surface area contributed by atoms with E-state index >= 15 is 0 Å². The third-order valence-corrected chi connectivity index (χ3v) is 5.96. The summed E-state index contributed by atoms with van der Waals surface area (Å²) in [7, 11) is 0. The second-order valence-electron chi connectivity index (χ2n) is 7.98. The standard InChI is InChI=1S/C21H33N3O3/c1-7-24(13-17(25)23-18-14(3)10-9-11-15(18)4)19(26)21(22)12-16(27-8-2)20(21,5)6/h9-11,16H,7-8,12-13,22H2,1-6H3,(H,23,25). The molecule has 2 amide bonds. The minimum Gasteiger partial charge on any atom is -0.378 e. The Kier molecular flexibility index (Phi) is 6.32. The van der Waals surface area contributed by atoms with Crippen LogP contribution in [0.5, 0.6) is 0 Å². The van der Waals surface area contributed by atoms with Crippen LogP contribution in [-0.2, 0) is 14.3 Å². The molecule has 0 bridgehead atoms. The number of aryl methyl sites for hydroxylation is 2. The number of nitrogens with two attached hydrogens (primary N) is 1. The van der Waals surface area contributed by atoms with Gasteiger partial charge >= 0.3 is 0 Å². The van der Waals surface area contributed by atoms with Crippen molar-refractivity contribution in [1.29, 1.82) is 0 Å². The molecule has 0 aliphatic heterocycles. The summed E-state index contributed by atoms with van der Waals surface area (Å²) in [6.07, 6.45) is 0.431. The van der Waals surface area contributed by atoms with Crippen LogP contribution < -0.4 is 11.1 Å². The summed E-state index contributed by atoms with van der Waals surface area (Å²) >= 11 is 0. The molecule has 2 atom stereocenters. The van der Waals surface area contributed by atoms with Crippen molar-refractivity contribution in [2.24, 2.45) is 11.1 Å². The first-order chi connectivity index (χ1) is 12.6. The first-order valence-electron chi connectivity index (χ1n) is 9.64. The highest BCUT2D eigenvalue weighted by Gasteiger charge is 2.63. The minimum atomic E-state index is -1.01. The molecule has 2 unspecified atom stereocenters. The van der Waals surface area contributed by atoms with Gasteiger partial charge in [-0.1, -0.05) is 32.0 Å². The number of nitrogens with zero attached hydrogens (tertiary/aromatic N) is 1. The van der Waals surface area contributed by atoms with Crippen molar-refractivity contribution in [3.63, 3.8) is 0 Å². The monoisotopic (exact) mass is 375 g/mol. The fraction of sp³-hybridized carbons (Fsp3) is 0.619. The molecule has 1 aromatic carbocycles. The molecule has 1 saturated carbocycles. The van der Waals surface area contributed by atoms with Gasteiger partial charge in [-0.05, 0) is 38.8 Å². The van der Waals surface area contributed by atoms with Crippen molar-refractivity contribution >= 4 is 17.5 Å². The molecule has 0 aromatic heterocycles. The molecule has 27 heavy (non-hydrogen) atoms. The Labute approximate surface area is 162 Å². The highest BCUT2D eigenvalue weighted by molar-refractivity contribution is 5.97. The molecular formula is C21H33N3O3. The lowest BCUT2D eigenvalue weighted by molar-refractivity contribution is -0.179. The maximum atomic E-state index is 13.1. The van der Waals surface area contributed by atoms with E-state index in [9.17, 15) is 9.59 Å². The molecule has 1 fully saturated rings. The second-order valence-corrected chi connectivity index (χ2v) is 7.98. The number of ether oxygens (including phenoxy) is 1. The van der Waals surface area contributed by atoms with Crippen LogP contribution >= 0.6 is 0 Å². The lowest BCUT2D eigenvalue weighted by atomic mass is 9.54. The Morgan fingerprint density at radius 3 is 2.33 bits per heavy atom. The smallest absolute Gasteiger partial charge is 0.244 e. The number of anilines is 1. The Bertz CT molecular complexity index is 696. The summed E-state index contributed by atoms with van der Waals surface area (Å²) in [6, 6.07) is 5.85. The van der Waals surface area contributed by atoms with E-state index in [1.165, 1.54) is 4.90 Å². The van der Waals surface area contributed by atoms with Gasteiger partial charge in [0.1, 0.15) is 5.54 Å². The number of hydrogen-bond donors (Lipinski definition) is 2. The van der Waals surface area contributed by atoms with Crippen molar-refractivity contribution in [2.75, 3.05) is 25.0 Å². The van der Waals surface area contributed by atoms with Crippen molar-refractivity contribution in [1.82, 2.24) is 4.90 Å². The molecule has 6 heteroatoms. The summed E-state index contributed by atoms with van der Waals surface area (Å²) in [5.74, 6) is -0.410. The maximum Gasteiger partial charge on any atom is 0.244 e. The number of rotatable bonds is 7. The molecule has 1 aliphatic carbocycles. The highest BCUT2D eigenvalue weighted by atomic mass is 16.5. The molecule has 0 spiro atoms. The van der Waals surface area contributed by atoms with Crippen LogP contribution in [0.2, 0.25) is 0 Å². The number of carbonyl (C=O) groups is 2. The van der Waals surface area contributed by atoms with Crippen LogP contribution in [0, 0.1) is 19.3 Å². The largest absolute Gasteiger partial charge is 0.378 e. The third kappa shape index (κ3) is 3.87. The van der Waals surface area contributed by atoms with Gasteiger partial charge in [0.2, 0.25) is 11.8 Å². The quantitative estimate of drug-likeness (QED) is 0.767. The van der Waals surface area contributed by atoms with Crippen LogP contribution in [0.3, 0.4) is 0 Å². The Hall–Kier alpha value is -1.92. The normalized spacial score (nSPS) is 23.4. The van der Waals surface area contributed by atoms with Gasteiger partial charge in [-0.25, -0.2) is 0 Å². The van der Waals surface area contributed by atoms with Gasteiger partial charge in [-0.3, -0.25) is 9.59 Å². The Balaban J connectivity index is 2.08. The molecule has 0 radical (unpaired) electrons. The molecule has 0 saturated heterocycles. The van der Waals surface area contributed by atoms with E-state index in [1.54, 1.807) is 0 Å². The lowest BCUT2D eigenvalue weighted by Gasteiger charge is -2.58. The van der Waals surface area contributed by atoms with Gasteiger partial charge in [0, 0.05) is 30.7 Å². The van der Waals surface area contributed by atoms with E-state index in [0.29, 0.717) is 19.6 Å². The van der Waals surface area contributed by atoms with Crippen LogP contribution in [0.15, 0.2) is 18.2 Å². The number of benzene rings is 1. The Morgan fingerprint density at radius 1 is 1.26 bits per heavy atom. The van der Waals surface area contributed by atoms with E-state index in [4.69, 9.17) is 10.5 Å². The number of nitrogens with one attached hydrogen (secondary N) is 1. The van der Waals surface area contributed by atoms with Gasteiger partial charge in [0.05, 0.1) is 12.6 Å². The van der Waals surface area contributed by atoms with E-state index in [0.717, 1.165) is 16.8 Å². The average molecular weight is 376 g/mol. The van der Waals surface area contributed by atoms with Crippen molar-refractivity contribution in [2.45, 2.75) is 59.6 Å². The predicted molar refractivity (Wildman–Crippen MR) is 108 cm³/mol. The van der Waals surface area contributed by atoms with Crippen molar-refractivity contribution in [3.8, 4) is 0 Å². The first kappa shape index (κ1) is 21.4. The molecule has 1 aliphatic rings. The van der Waals surface area contributed by atoms with Crippen LogP contribution in [0.4, 0.5) is 5.69 Å². The van der Waals surface area contributed by atoms with Gasteiger partial charge in [0.25, 0.3) is 0 Å². The summed E-state index contributed by atoms with van der Waals surface area (Å²) in [5, 5.41) is 2.94. The lowest BCUT2D eigenvalue weighted by Crippen LogP contribution is -2.76. The molecule has 150 valence electrons. The number of carbonyl (C=O) groups excluding carboxylic acids is 2. The number of hydrogen-bond acceptors (Lipinski definition) is 4.